The minimum absolute atomic E-state index is 0.0230. The molecule has 1 aliphatic heterocycles. The van der Waals surface area contributed by atoms with Crippen molar-refractivity contribution in [3.05, 3.63) is 28.2 Å². The minimum Gasteiger partial charge on any atom is -0.488 e. The number of hydrogen-bond donors (Lipinski definition) is 0. The van der Waals surface area contributed by atoms with Crippen molar-refractivity contribution in [2.45, 2.75) is 25.4 Å². The molecule has 0 N–H and O–H groups in total. The van der Waals surface area contributed by atoms with E-state index in [4.69, 9.17) is 9.47 Å². The maximum absolute atomic E-state index is 13.4. The standard InChI is InChI=1S/C12H13BrF2O2/c13-8-5-10(14)12(15)11(6-8)17-7-9-3-1-2-4-16-9/h5-6,9H,1-4,7H2. The molecule has 2 nitrogen and oxygen atoms in total. The lowest BCUT2D eigenvalue weighted by atomic mass is 10.1. The van der Waals surface area contributed by atoms with Gasteiger partial charge in [0.1, 0.15) is 6.61 Å². The van der Waals surface area contributed by atoms with Crippen LogP contribution in [0.4, 0.5) is 8.78 Å². The van der Waals surface area contributed by atoms with E-state index in [2.05, 4.69) is 15.9 Å². The first kappa shape index (κ1) is 12.8. The molecule has 1 fully saturated rings. The van der Waals surface area contributed by atoms with Crippen LogP contribution in [0.15, 0.2) is 16.6 Å². The zero-order valence-electron chi connectivity index (χ0n) is 9.22. The van der Waals surface area contributed by atoms with Gasteiger partial charge >= 0.3 is 0 Å². The van der Waals surface area contributed by atoms with Crippen molar-refractivity contribution < 1.29 is 18.3 Å². The first-order chi connectivity index (χ1) is 8.16. The first-order valence-corrected chi connectivity index (χ1v) is 6.35. The van der Waals surface area contributed by atoms with Gasteiger partial charge in [0.15, 0.2) is 11.6 Å². The van der Waals surface area contributed by atoms with Crippen molar-refractivity contribution >= 4 is 15.9 Å². The van der Waals surface area contributed by atoms with E-state index < -0.39 is 11.6 Å². The molecule has 1 aliphatic rings. The molecule has 1 atom stereocenters. The van der Waals surface area contributed by atoms with Crippen LogP contribution in [0.25, 0.3) is 0 Å². The van der Waals surface area contributed by atoms with Crippen molar-refractivity contribution in [3.8, 4) is 5.75 Å². The van der Waals surface area contributed by atoms with Crippen LogP contribution >= 0.6 is 15.9 Å². The molecule has 0 saturated carbocycles. The summed E-state index contributed by atoms with van der Waals surface area (Å²) in [4.78, 5) is 0. The summed E-state index contributed by atoms with van der Waals surface area (Å²) >= 11 is 3.10. The Balaban J connectivity index is 1.98. The van der Waals surface area contributed by atoms with Crippen molar-refractivity contribution in [2.75, 3.05) is 13.2 Å². The predicted molar refractivity (Wildman–Crippen MR) is 63.1 cm³/mol. The van der Waals surface area contributed by atoms with Crippen LogP contribution in [0.2, 0.25) is 0 Å². The van der Waals surface area contributed by atoms with Crippen LogP contribution in [0.1, 0.15) is 19.3 Å². The largest absolute Gasteiger partial charge is 0.488 e. The molecule has 0 spiro atoms. The Bertz CT molecular complexity index is 392. The Hall–Kier alpha value is -0.680. The Morgan fingerprint density at radius 2 is 2.18 bits per heavy atom. The van der Waals surface area contributed by atoms with Crippen LogP contribution in [0.5, 0.6) is 5.75 Å². The molecule has 1 aromatic carbocycles. The van der Waals surface area contributed by atoms with Gasteiger partial charge in [-0.3, -0.25) is 0 Å². The van der Waals surface area contributed by atoms with Crippen LogP contribution in [-0.4, -0.2) is 19.3 Å². The fraction of sp³-hybridized carbons (Fsp3) is 0.500. The monoisotopic (exact) mass is 306 g/mol. The highest BCUT2D eigenvalue weighted by Crippen LogP contribution is 2.26. The molecule has 0 aliphatic carbocycles. The Morgan fingerprint density at radius 3 is 2.88 bits per heavy atom. The molecule has 0 amide bonds. The smallest absolute Gasteiger partial charge is 0.200 e. The second-order valence-corrected chi connectivity index (χ2v) is 4.91. The summed E-state index contributed by atoms with van der Waals surface area (Å²) in [5, 5.41) is 0. The molecule has 1 saturated heterocycles. The Morgan fingerprint density at radius 1 is 1.35 bits per heavy atom. The molecule has 1 heterocycles. The molecule has 1 aromatic rings. The summed E-state index contributed by atoms with van der Waals surface area (Å²) in [6, 6.07) is 2.49. The lowest BCUT2D eigenvalue weighted by molar-refractivity contribution is -0.0118. The Kier molecular flexibility index (Phi) is 4.34. The molecule has 1 unspecified atom stereocenters. The molecule has 0 aromatic heterocycles. The topological polar surface area (TPSA) is 18.5 Å². The van der Waals surface area contributed by atoms with Gasteiger partial charge in [-0.1, -0.05) is 15.9 Å². The van der Waals surface area contributed by atoms with Gasteiger partial charge in [-0.2, -0.15) is 4.39 Å². The molecule has 94 valence electrons. The van der Waals surface area contributed by atoms with E-state index in [9.17, 15) is 8.78 Å². The summed E-state index contributed by atoms with van der Waals surface area (Å²) in [6.45, 7) is 0.968. The van der Waals surface area contributed by atoms with Crippen molar-refractivity contribution in [2.24, 2.45) is 0 Å². The van der Waals surface area contributed by atoms with Gasteiger partial charge in [-0.15, -0.1) is 0 Å². The average molecular weight is 307 g/mol. The molecular formula is C12H13BrF2O2. The fourth-order valence-electron chi connectivity index (χ4n) is 1.76. The highest BCUT2D eigenvalue weighted by atomic mass is 79.9. The van der Waals surface area contributed by atoms with Crippen LogP contribution in [-0.2, 0) is 4.74 Å². The predicted octanol–water partition coefficient (Wildman–Crippen LogP) is 3.68. The fourth-order valence-corrected chi connectivity index (χ4v) is 2.17. The van der Waals surface area contributed by atoms with Gasteiger partial charge in [-0.25, -0.2) is 4.39 Å². The van der Waals surface area contributed by atoms with Gasteiger partial charge in [0.2, 0.25) is 5.82 Å². The zero-order chi connectivity index (χ0) is 12.3. The molecular weight excluding hydrogens is 294 g/mol. The Labute approximate surface area is 107 Å². The first-order valence-electron chi connectivity index (χ1n) is 5.56. The SMILES string of the molecule is Fc1cc(Br)cc(OCC2CCCCO2)c1F. The van der Waals surface area contributed by atoms with E-state index in [0.717, 1.165) is 25.3 Å². The normalized spacial score (nSPS) is 20.3. The third-order valence-electron chi connectivity index (χ3n) is 2.66. The van der Waals surface area contributed by atoms with Crippen molar-refractivity contribution in [3.63, 3.8) is 0 Å². The molecule has 2 rings (SSSR count). The van der Waals surface area contributed by atoms with Crippen LogP contribution in [0, 0.1) is 11.6 Å². The van der Waals surface area contributed by atoms with Crippen molar-refractivity contribution in [1.29, 1.82) is 0 Å². The van der Waals surface area contributed by atoms with Gasteiger partial charge in [0, 0.05) is 11.1 Å². The summed E-state index contributed by atoms with van der Waals surface area (Å²) in [5.41, 5.74) is 0. The lowest BCUT2D eigenvalue weighted by Gasteiger charge is -2.22. The number of ether oxygens (including phenoxy) is 2. The quantitative estimate of drug-likeness (QED) is 0.793. The maximum atomic E-state index is 13.4. The molecule has 0 bridgehead atoms. The highest BCUT2D eigenvalue weighted by Gasteiger charge is 2.17. The van der Waals surface area contributed by atoms with E-state index in [0.29, 0.717) is 11.1 Å². The van der Waals surface area contributed by atoms with Gasteiger partial charge < -0.3 is 9.47 Å². The zero-order valence-corrected chi connectivity index (χ0v) is 10.8. The average Bonchev–Trinajstić information content (AvgIpc) is 2.33. The van der Waals surface area contributed by atoms with Gasteiger partial charge in [0.05, 0.1) is 6.10 Å². The third-order valence-corrected chi connectivity index (χ3v) is 3.12. The number of rotatable bonds is 3. The van der Waals surface area contributed by atoms with Crippen LogP contribution < -0.4 is 4.74 Å². The second-order valence-electron chi connectivity index (χ2n) is 4.00. The summed E-state index contributed by atoms with van der Waals surface area (Å²) < 4.78 is 37.6. The van der Waals surface area contributed by atoms with E-state index >= 15 is 0 Å². The third kappa shape index (κ3) is 3.39. The second kappa shape index (κ2) is 5.78. The molecule has 17 heavy (non-hydrogen) atoms. The van der Waals surface area contributed by atoms with E-state index in [-0.39, 0.29) is 18.5 Å². The van der Waals surface area contributed by atoms with Crippen LogP contribution in [0.3, 0.4) is 0 Å². The number of hydrogen-bond acceptors (Lipinski definition) is 2. The van der Waals surface area contributed by atoms with E-state index in [1.165, 1.54) is 6.07 Å². The van der Waals surface area contributed by atoms with Gasteiger partial charge in [0.25, 0.3) is 0 Å². The van der Waals surface area contributed by atoms with Crippen molar-refractivity contribution in [1.82, 2.24) is 0 Å². The maximum Gasteiger partial charge on any atom is 0.200 e. The van der Waals surface area contributed by atoms with E-state index in [1.807, 2.05) is 0 Å². The number of benzene rings is 1. The molecule has 5 heteroatoms. The summed E-state index contributed by atoms with van der Waals surface area (Å²) in [7, 11) is 0. The summed E-state index contributed by atoms with van der Waals surface area (Å²) in [6.07, 6.45) is 3.02. The van der Waals surface area contributed by atoms with Gasteiger partial charge in [-0.05, 0) is 31.4 Å². The molecule has 0 radical (unpaired) electrons. The minimum atomic E-state index is -0.955. The lowest BCUT2D eigenvalue weighted by Crippen LogP contribution is -2.26. The summed E-state index contributed by atoms with van der Waals surface area (Å²) in [5.74, 6) is -1.95. The number of halogens is 3. The van der Waals surface area contributed by atoms with E-state index in [1.54, 1.807) is 0 Å². The highest BCUT2D eigenvalue weighted by molar-refractivity contribution is 9.10.